The van der Waals surface area contributed by atoms with Crippen molar-refractivity contribution in [2.75, 3.05) is 25.4 Å². The van der Waals surface area contributed by atoms with Crippen LogP contribution in [0.2, 0.25) is 0 Å². The summed E-state index contributed by atoms with van der Waals surface area (Å²) >= 11 is 0. The van der Waals surface area contributed by atoms with Gasteiger partial charge in [0.15, 0.2) is 0 Å². The fraction of sp³-hybridized carbons (Fsp3) is 0.550. The molecule has 32 heavy (non-hydrogen) atoms. The Bertz CT molecular complexity index is 909. The van der Waals surface area contributed by atoms with Crippen molar-refractivity contribution in [3.63, 3.8) is 0 Å². The highest BCUT2D eigenvalue weighted by Crippen LogP contribution is 2.15. The quantitative estimate of drug-likeness (QED) is 0.279. The van der Waals surface area contributed by atoms with Gasteiger partial charge in [0.2, 0.25) is 15.9 Å². The molecular weight excluding hydrogens is 460 g/mol. The van der Waals surface area contributed by atoms with Gasteiger partial charge in [-0.25, -0.2) is 8.42 Å². The van der Waals surface area contributed by atoms with Crippen molar-refractivity contribution in [3.8, 4) is 0 Å². The van der Waals surface area contributed by atoms with E-state index in [1.165, 1.54) is 5.56 Å². The number of aliphatic carboxylic acids is 1. The van der Waals surface area contributed by atoms with Gasteiger partial charge in [0.25, 0.3) is 5.91 Å². The molecule has 2 amide bonds. The fourth-order valence-corrected chi connectivity index (χ4v) is 4.51. The minimum absolute atomic E-state index is 0. The van der Waals surface area contributed by atoms with Gasteiger partial charge < -0.3 is 21.1 Å². The van der Waals surface area contributed by atoms with E-state index in [1.807, 2.05) is 19.1 Å². The van der Waals surface area contributed by atoms with E-state index in [0.717, 1.165) is 18.5 Å². The number of carboxylic acids is 1. The van der Waals surface area contributed by atoms with E-state index in [0.29, 0.717) is 24.9 Å². The number of carboxylic acid groups (broad SMARTS) is 1. The highest BCUT2D eigenvalue weighted by molar-refractivity contribution is 7.89. The molecule has 1 heterocycles. The average Bonchev–Trinajstić information content (AvgIpc) is 2.74. The number of nitrogens with one attached hydrogen (secondary N) is 4. The molecule has 10 nitrogen and oxygen atoms in total. The third-order valence-corrected chi connectivity index (χ3v) is 6.35. The number of carbonyl (C=O) groups is 3. The van der Waals surface area contributed by atoms with Crippen LogP contribution in [0.1, 0.15) is 47.7 Å². The normalized spacial score (nSPS) is 13.9. The summed E-state index contributed by atoms with van der Waals surface area (Å²) in [4.78, 5) is 35.6. The first-order chi connectivity index (χ1) is 14.7. The fourth-order valence-electron chi connectivity index (χ4n) is 3.11. The number of benzene rings is 1. The first kappa shape index (κ1) is 27.8. The molecule has 1 aliphatic heterocycles. The summed E-state index contributed by atoms with van der Waals surface area (Å²) in [5.74, 6) is -2.34. The van der Waals surface area contributed by atoms with E-state index in [2.05, 4.69) is 20.7 Å². The molecule has 1 atom stereocenters. The van der Waals surface area contributed by atoms with Crippen molar-refractivity contribution in [1.29, 1.82) is 0 Å². The lowest BCUT2D eigenvalue weighted by molar-refractivity contribution is -0.138. The van der Waals surface area contributed by atoms with Crippen LogP contribution in [-0.2, 0) is 32.6 Å². The van der Waals surface area contributed by atoms with Crippen LogP contribution in [0.25, 0.3) is 0 Å². The van der Waals surface area contributed by atoms with Gasteiger partial charge in [-0.05, 0) is 42.6 Å². The molecule has 5 N–H and O–H groups in total. The number of hydrogen-bond donors (Lipinski definition) is 5. The van der Waals surface area contributed by atoms with Crippen LogP contribution in [0.3, 0.4) is 0 Å². The Hall–Kier alpha value is -2.21. The summed E-state index contributed by atoms with van der Waals surface area (Å²) in [5, 5.41) is 17.5. The molecule has 0 spiro atoms. The SMILES string of the molecule is CCCCS(=O)(=O)N[C@H](CNC(=O)CCNC(=O)c1ccc2c(c1)CNCC2)C(=O)O.Cl. The molecule has 1 aliphatic rings. The van der Waals surface area contributed by atoms with Crippen LogP contribution >= 0.6 is 12.4 Å². The van der Waals surface area contributed by atoms with E-state index in [1.54, 1.807) is 6.07 Å². The minimum atomic E-state index is -3.75. The van der Waals surface area contributed by atoms with E-state index in [9.17, 15) is 27.9 Å². The molecule has 2 rings (SSSR count). The third-order valence-electron chi connectivity index (χ3n) is 4.88. The molecule has 1 aromatic rings. The predicted octanol–water partition coefficient (Wildman–Crippen LogP) is 0.163. The summed E-state index contributed by atoms with van der Waals surface area (Å²) in [7, 11) is -3.75. The van der Waals surface area contributed by atoms with E-state index >= 15 is 0 Å². The lowest BCUT2D eigenvalue weighted by Crippen LogP contribution is -2.49. The highest BCUT2D eigenvalue weighted by atomic mass is 35.5. The molecule has 0 aliphatic carbocycles. The number of halogens is 1. The van der Waals surface area contributed by atoms with Gasteiger partial charge in [0, 0.05) is 31.6 Å². The van der Waals surface area contributed by atoms with E-state index < -0.39 is 27.9 Å². The molecule has 0 aromatic heterocycles. The predicted molar refractivity (Wildman–Crippen MR) is 122 cm³/mol. The summed E-state index contributed by atoms with van der Waals surface area (Å²) in [6.07, 6.45) is 1.93. The number of sulfonamides is 1. The molecular formula is C20H31ClN4O6S. The molecule has 0 saturated carbocycles. The molecule has 0 bridgehead atoms. The minimum Gasteiger partial charge on any atom is -0.480 e. The summed E-state index contributed by atoms with van der Waals surface area (Å²) in [5.41, 5.74) is 2.81. The van der Waals surface area contributed by atoms with E-state index in [-0.39, 0.29) is 43.6 Å². The number of rotatable bonds is 12. The second kappa shape index (κ2) is 13.4. The van der Waals surface area contributed by atoms with Crippen LogP contribution in [0.5, 0.6) is 0 Å². The summed E-state index contributed by atoms with van der Waals surface area (Å²) in [6.45, 7) is 3.14. The van der Waals surface area contributed by atoms with Crippen molar-refractivity contribution in [2.24, 2.45) is 0 Å². The van der Waals surface area contributed by atoms with Crippen molar-refractivity contribution >= 4 is 40.2 Å². The maximum Gasteiger partial charge on any atom is 0.323 e. The lowest BCUT2D eigenvalue weighted by Gasteiger charge is -2.17. The van der Waals surface area contributed by atoms with Gasteiger partial charge in [-0.2, -0.15) is 4.72 Å². The molecule has 0 unspecified atom stereocenters. The largest absolute Gasteiger partial charge is 0.480 e. The van der Waals surface area contributed by atoms with Crippen LogP contribution < -0.4 is 20.7 Å². The topological polar surface area (TPSA) is 154 Å². The number of carbonyl (C=O) groups excluding carboxylic acids is 2. The van der Waals surface area contributed by atoms with Gasteiger partial charge in [0.1, 0.15) is 6.04 Å². The first-order valence-corrected chi connectivity index (χ1v) is 12.0. The van der Waals surface area contributed by atoms with Crippen molar-refractivity contribution in [1.82, 2.24) is 20.7 Å². The summed E-state index contributed by atoms with van der Waals surface area (Å²) in [6, 6.07) is 4.07. The van der Waals surface area contributed by atoms with Crippen molar-refractivity contribution in [3.05, 3.63) is 34.9 Å². The zero-order valence-electron chi connectivity index (χ0n) is 18.0. The number of hydrogen-bond acceptors (Lipinski definition) is 6. The number of amides is 2. The standard InChI is InChI=1S/C20H30N4O6S.ClH/c1-2-3-10-31(29,30)24-17(20(27)28)13-23-18(25)7-9-22-19(26)15-5-4-14-6-8-21-12-16(14)11-15;/h4-5,11,17,21,24H,2-3,6-10,12-13H2,1H3,(H,22,26)(H,23,25)(H,27,28);1H/t17-;/m1./s1. The molecule has 12 heteroatoms. The second-order valence-corrected chi connectivity index (χ2v) is 9.27. The van der Waals surface area contributed by atoms with Crippen LogP contribution in [0.15, 0.2) is 18.2 Å². The van der Waals surface area contributed by atoms with Gasteiger partial charge >= 0.3 is 5.97 Å². The highest BCUT2D eigenvalue weighted by Gasteiger charge is 2.24. The molecule has 180 valence electrons. The van der Waals surface area contributed by atoms with Crippen molar-refractivity contribution < 1.29 is 27.9 Å². The Morgan fingerprint density at radius 1 is 1.19 bits per heavy atom. The monoisotopic (exact) mass is 490 g/mol. The lowest BCUT2D eigenvalue weighted by atomic mass is 9.98. The Morgan fingerprint density at radius 3 is 2.62 bits per heavy atom. The molecule has 0 radical (unpaired) electrons. The van der Waals surface area contributed by atoms with Gasteiger partial charge in [0.05, 0.1) is 5.75 Å². The first-order valence-electron chi connectivity index (χ1n) is 10.3. The zero-order chi connectivity index (χ0) is 22.9. The summed E-state index contributed by atoms with van der Waals surface area (Å²) < 4.78 is 25.9. The van der Waals surface area contributed by atoms with Gasteiger partial charge in [-0.15, -0.1) is 12.4 Å². The van der Waals surface area contributed by atoms with Crippen LogP contribution in [0.4, 0.5) is 0 Å². The van der Waals surface area contributed by atoms with Gasteiger partial charge in [-0.3, -0.25) is 14.4 Å². The molecule has 0 saturated heterocycles. The molecule has 0 fully saturated rings. The van der Waals surface area contributed by atoms with Crippen molar-refractivity contribution in [2.45, 2.75) is 45.2 Å². The Kier molecular flexibility index (Phi) is 11.6. The maximum atomic E-state index is 12.3. The molecule has 1 aromatic carbocycles. The van der Waals surface area contributed by atoms with Crippen LogP contribution in [0, 0.1) is 0 Å². The number of fused-ring (bicyclic) bond motifs is 1. The Balaban J connectivity index is 0.00000512. The smallest absolute Gasteiger partial charge is 0.323 e. The van der Waals surface area contributed by atoms with E-state index in [4.69, 9.17) is 0 Å². The number of unbranched alkanes of at least 4 members (excludes halogenated alkanes) is 1. The average molecular weight is 491 g/mol. The van der Waals surface area contributed by atoms with Gasteiger partial charge in [-0.1, -0.05) is 19.4 Å². The second-order valence-electron chi connectivity index (χ2n) is 7.40. The Morgan fingerprint density at radius 2 is 1.94 bits per heavy atom. The third kappa shape index (κ3) is 9.11. The zero-order valence-corrected chi connectivity index (χ0v) is 19.6. The van der Waals surface area contributed by atoms with Crippen LogP contribution in [-0.4, -0.2) is 62.7 Å². The maximum absolute atomic E-state index is 12.3. The Labute approximate surface area is 194 Å².